The highest BCUT2D eigenvalue weighted by molar-refractivity contribution is 5.72. The third-order valence-corrected chi connectivity index (χ3v) is 2.05. The highest BCUT2D eigenvalue weighted by Crippen LogP contribution is 2.33. The number of hydrogen-bond acceptors (Lipinski definition) is 1. The van der Waals surface area contributed by atoms with E-state index in [1.54, 1.807) is 0 Å². The average Bonchev–Trinajstić information content (AvgIpc) is 1.94. The van der Waals surface area contributed by atoms with E-state index in [-0.39, 0.29) is 18.9 Å². The minimum Gasteiger partial charge on any atom is -0.356 e. The lowest BCUT2D eigenvalue weighted by Crippen LogP contribution is -2.32. The van der Waals surface area contributed by atoms with Crippen LogP contribution in [0.1, 0.15) is 27.2 Å². The van der Waals surface area contributed by atoms with E-state index < -0.39 is 18.0 Å². The van der Waals surface area contributed by atoms with Crippen LogP contribution in [-0.4, -0.2) is 18.6 Å². The lowest BCUT2D eigenvalue weighted by molar-refractivity contribution is -0.187. The molecule has 84 valence electrons. The Morgan fingerprint density at radius 3 is 2.14 bits per heavy atom. The molecule has 0 heterocycles. The van der Waals surface area contributed by atoms with Crippen LogP contribution in [0.25, 0.3) is 0 Å². The first-order chi connectivity index (χ1) is 6.25. The van der Waals surface area contributed by atoms with Gasteiger partial charge in [-0.1, -0.05) is 13.8 Å². The predicted octanol–water partition coefficient (Wildman–Crippen LogP) is 2.35. The summed E-state index contributed by atoms with van der Waals surface area (Å²) in [5.74, 6) is -2.09. The molecule has 0 aromatic rings. The van der Waals surface area contributed by atoms with E-state index in [1.807, 2.05) is 0 Å². The van der Waals surface area contributed by atoms with Gasteiger partial charge in [-0.2, -0.15) is 13.2 Å². The van der Waals surface area contributed by atoms with Gasteiger partial charge in [-0.05, 0) is 12.3 Å². The second-order valence-electron chi connectivity index (χ2n) is 3.66. The molecule has 0 rings (SSSR count). The van der Waals surface area contributed by atoms with Crippen molar-refractivity contribution >= 4 is 5.91 Å². The number of carbonyl (C=O) groups excluding carboxylic acids is 1. The number of amides is 1. The van der Waals surface area contributed by atoms with E-state index in [9.17, 15) is 18.0 Å². The summed E-state index contributed by atoms with van der Waals surface area (Å²) in [7, 11) is 0. The Kier molecular flexibility index (Phi) is 4.94. The van der Waals surface area contributed by atoms with Gasteiger partial charge in [0.2, 0.25) is 5.91 Å². The van der Waals surface area contributed by atoms with Gasteiger partial charge in [-0.25, -0.2) is 0 Å². The maximum absolute atomic E-state index is 12.4. The minimum atomic E-state index is -4.17. The van der Waals surface area contributed by atoms with Gasteiger partial charge in [0.05, 0.1) is 5.92 Å². The fourth-order valence-electron chi connectivity index (χ4n) is 1.28. The summed E-state index contributed by atoms with van der Waals surface area (Å²) in [5, 5.41) is 2.36. The zero-order valence-corrected chi connectivity index (χ0v) is 8.61. The molecule has 0 saturated heterocycles. The highest BCUT2D eigenvalue weighted by Gasteiger charge is 2.40. The van der Waals surface area contributed by atoms with Crippen molar-refractivity contribution in [2.45, 2.75) is 33.4 Å². The molecule has 0 aliphatic carbocycles. The number of alkyl halides is 3. The smallest absolute Gasteiger partial charge is 0.356 e. The molecule has 0 aromatic heterocycles. The third-order valence-electron chi connectivity index (χ3n) is 2.05. The summed E-state index contributed by atoms with van der Waals surface area (Å²) in [6.07, 6.45) is -4.23. The van der Waals surface area contributed by atoms with E-state index in [0.29, 0.717) is 0 Å². The van der Waals surface area contributed by atoms with Crippen LogP contribution in [0.3, 0.4) is 0 Å². The van der Waals surface area contributed by atoms with Crippen molar-refractivity contribution in [2.75, 3.05) is 6.54 Å². The SMILES string of the molecule is CC(=O)NCCC(C(C)C)C(F)(F)F. The van der Waals surface area contributed by atoms with E-state index in [2.05, 4.69) is 5.32 Å². The summed E-state index contributed by atoms with van der Waals surface area (Å²) < 4.78 is 37.1. The molecule has 5 heteroatoms. The molecule has 0 saturated carbocycles. The van der Waals surface area contributed by atoms with Crippen LogP contribution in [0.4, 0.5) is 13.2 Å². The fraction of sp³-hybridized carbons (Fsp3) is 0.889. The zero-order chi connectivity index (χ0) is 11.4. The third kappa shape index (κ3) is 5.09. The van der Waals surface area contributed by atoms with E-state index >= 15 is 0 Å². The molecule has 1 amide bonds. The summed E-state index contributed by atoms with van der Waals surface area (Å²) >= 11 is 0. The molecule has 0 aromatic carbocycles. The normalized spacial score (nSPS) is 14.2. The molecule has 1 N–H and O–H groups in total. The molecule has 0 aliphatic heterocycles. The Morgan fingerprint density at radius 1 is 1.36 bits per heavy atom. The van der Waals surface area contributed by atoms with E-state index in [1.165, 1.54) is 20.8 Å². The minimum absolute atomic E-state index is 0.0548. The Balaban J connectivity index is 4.06. The molecule has 1 atom stereocenters. The van der Waals surface area contributed by atoms with Crippen LogP contribution >= 0.6 is 0 Å². The summed E-state index contributed by atoms with van der Waals surface area (Å²) in [5.41, 5.74) is 0. The van der Waals surface area contributed by atoms with Crippen LogP contribution in [0.2, 0.25) is 0 Å². The Labute approximate surface area is 81.9 Å². The number of rotatable bonds is 4. The number of hydrogen-bond donors (Lipinski definition) is 1. The molecular weight excluding hydrogens is 195 g/mol. The van der Waals surface area contributed by atoms with Crippen molar-refractivity contribution in [3.63, 3.8) is 0 Å². The first-order valence-electron chi connectivity index (χ1n) is 4.56. The highest BCUT2D eigenvalue weighted by atomic mass is 19.4. The Morgan fingerprint density at radius 2 is 1.86 bits per heavy atom. The van der Waals surface area contributed by atoms with Gasteiger partial charge < -0.3 is 5.32 Å². The molecule has 0 fully saturated rings. The molecule has 0 spiro atoms. The number of nitrogens with one attached hydrogen (secondary N) is 1. The second kappa shape index (κ2) is 5.22. The summed E-state index contributed by atoms with van der Waals surface area (Å²) in [4.78, 5) is 10.5. The maximum atomic E-state index is 12.4. The van der Waals surface area contributed by atoms with Crippen LogP contribution in [0.5, 0.6) is 0 Å². The number of halogens is 3. The Bertz CT molecular complexity index is 189. The first-order valence-corrected chi connectivity index (χ1v) is 4.56. The average molecular weight is 211 g/mol. The van der Waals surface area contributed by atoms with Gasteiger partial charge in [0.25, 0.3) is 0 Å². The van der Waals surface area contributed by atoms with E-state index in [4.69, 9.17) is 0 Å². The number of carbonyl (C=O) groups is 1. The molecule has 0 bridgehead atoms. The van der Waals surface area contributed by atoms with Gasteiger partial charge in [0.1, 0.15) is 0 Å². The van der Waals surface area contributed by atoms with Gasteiger partial charge >= 0.3 is 6.18 Å². The van der Waals surface area contributed by atoms with E-state index in [0.717, 1.165) is 0 Å². The molecule has 2 nitrogen and oxygen atoms in total. The van der Waals surface area contributed by atoms with Crippen molar-refractivity contribution < 1.29 is 18.0 Å². The molecule has 1 unspecified atom stereocenters. The van der Waals surface area contributed by atoms with Crippen molar-refractivity contribution in [3.8, 4) is 0 Å². The van der Waals surface area contributed by atoms with Gasteiger partial charge in [-0.3, -0.25) is 4.79 Å². The topological polar surface area (TPSA) is 29.1 Å². The first kappa shape index (κ1) is 13.3. The van der Waals surface area contributed by atoms with Crippen molar-refractivity contribution in [1.29, 1.82) is 0 Å². The lowest BCUT2D eigenvalue weighted by Gasteiger charge is -2.23. The largest absolute Gasteiger partial charge is 0.392 e. The van der Waals surface area contributed by atoms with Gasteiger partial charge in [-0.15, -0.1) is 0 Å². The van der Waals surface area contributed by atoms with Crippen molar-refractivity contribution in [2.24, 2.45) is 11.8 Å². The lowest BCUT2D eigenvalue weighted by atomic mass is 9.92. The summed E-state index contributed by atoms with van der Waals surface area (Å²) in [6.45, 7) is 4.44. The fourth-order valence-corrected chi connectivity index (χ4v) is 1.28. The van der Waals surface area contributed by atoms with Gasteiger partial charge in [0, 0.05) is 13.5 Å². The van der Waals surface area contributed by atoms with Crippen LogP contribution in [-0.2, 0) is 4.79 Å². The summed E-state index contributed by atoms with van der Waals surface area (Å²) in [6, 6.07) is 0. The monoisotopic (exact) mass is 211 g/mol. The van der Waals surface area contributed by atoms with Crippen LogP contribution < -0.4 is 5.32 Å². The molecular formula is C9H16F3NO. The maximum Gasteiger partial charge on any atom is 0.392 e. The molecule has 0 aliphatic rings. The molecule has 14 heavy (non-hydrogen) atoms. The van der Waals surface area contributed by atoms with Crippen LogP contribution in [0, 0.1) is 11.8 Å². The second-order valence-corrected chi connectivity index (χ2v) is 3.66. The standard InChI is InChI=1S/C9H16F3NO/c1-6(2)8(9(10,11)12)4-5-13-7(3)14/h6,8H,4-5H2,1-3H3,(H,13,14). The zero-order valence-electron chi connectivity index (χ0n) is 8.61. The molecule has 0 radical (unpaired) electrons. The van der Waals surface area contributed by atoms with Crippen LogP contribution in [0.15, 0.2) is 0 Å². The van der Waals surface area contributed by atoms with Crippen molar-refractivity contribution in [1.82, 2.24) is 5.32 Å². The predicted molar refractivity (Wildman–Crippen MR) is 47.7 cm³/mol. The van der Waals surface area contributed by atoms with Crippen molar-refractivity contribution in [3.05, 3.63) is 0 Å². The quantitative estimate of drug-likeness (QED) is 0.759. The van der Waals surface area contributed by atoms with Gasteiger partial charge in [0.15, 0.2) is 0 Å². The Hall–Kier alpha value is -0.740.